The van der Waals surface area contributed by atoms with Crippen molar-refractivity contribution >= 4 is 27.7 Å². The van der Waals surface area contributed by atoms with E-state index in [9.17, 15) is 0 Å². The molecule has 3 nitrogen and oxygen atoms in total. The second-order valence-electron chi connectivity index (χ2n) is 3.80. The quantitative estimate of drug-likeness (QED) is 0.733. The van der Waals surface area contributed by atoms with Crippen molar-refractivity contribution in [1.29, 1.82) is 0 Å². The Morgan fingerprint density at radius 3 is 3.29 bits per heavy atom. The van der Waals surface area contributed by atoms with Gasteiger partial charge in [0.2, 0.25) is 0 Å². The monoisotopic (exact) mass is 274 g/mol. The molecule has 0 amide bonds. The van der Waals surface area contributed by atoms with Crippen molar-refractivity contribution in [3.63, 3.8) is 0 Å². The number of thioether (sulfide) groups is 1. The first-order valence-electron chi connectivity index (χ1n) is 4.67. The Balaban J connectivity index is 2.03. The molecule has 0 bridgehead atoms. The molecule has 3 heterocycles. The summed E-state index contributed by atoms with van der Waals surface area (Å²) in [5.41, 5.74) is 1.17. The van der Waals surface area contributed by atoms with Gasteiger partial charge < -0.3 is 4.74 Å². The standard InChI is InChI=1S/C9H11BrN2OS/c1-12-8(6(10)4-11-12)9-5-14-3-2-7(9)13-9/h4,7H,2-3,5H2,1H3/t7-,9-/m0/s1. The minimum absolute atomic E-state index is 0.0347. The van der Waals surface area contributed by atoms with Crippen LogP contribution in [0.1, 0.15) is 12.1 Å². The van der Waals surface area contributed by atoms with Crippen molar-refractivity contribution in [2.24, 2.45) is 7.05 Å². The molecule has 2 aliphatic rings. The molecule has 5 heteroatoms. The number of ether oxygens (including phenoxy) is 1. The summed E-state index contributed by atoms with van der Waals surface area (Å²) in [4.78, 5) is 0. The van der Waals surface area contributed by atoms with Crippen LogP contribution in [0.15, 0.2) is 10.7 Å². The van der Waals surface area contributed by atoms with E-state index in [2.05, 4.69) is 21.0 Å². The highest BCUT2D eigenvalue weighted by Crippen LogP contribution is 2.54. The Hall–Kier alpha value is -0.0000000000000000763. The van der Waals surface area contributed by atoms with Crippen molar-refractivity contribution in [1.82, 2.24) is 9.78 Å². The van der Waals surface area contributed by atoms with E-state index in [-0.39, 0.29) is 5.60 Å². The molecule has 1 aromatic rings. The van der Waals surface area contributed by atoms with Gasteiger partial charge >= 0.3 is 0 Å². The maximum atomic E-state index is 5.86. The Morgan fingerprint density at radius 2 is 2.64 bits per heavy atom. The highest BCUT2D eigenvalue weighted by molar-refractivity contribution is 9.10. The molecule has 3 rings (SSSR count). The van der Waals surface area contributed by atoms with Gasteiger partial charge in [0.05, 0.1) is 22.5 Å². The Morgan fingerprint density at radius 1 is 1.79 bits per heavy atom. The average molecular weight is 275 g/mol. The van der Waals surface area contributed by atoms with E-state index in [4.69, 9.17) is 4.74 Å². The fraction of sp³-hybridized carbons (Fsp3) is 0.667. The summed E-state index contributed by atoms with van der Waals surface area (Å²) in [7, 11) is 1.98. The molecule has 0 N–H and O–H groups in total. The summed E-state index contributed by atoms with van der Waals surface area (Å²) in [6.45, 7) is 0. The molecule has 2 saturated heterocycles. The maximum Gasteiger partial charge on any atom is 0.146 e. The lowest BCUT2D eigenvalue weighted by atomic mass is 10.0. The third-order valence-electron chi connectivity index (χ3n) is 2.95. The lowest BCUT2D eigenvalue weighted by molar-refractivity contribution is 0.306. The lowest BCUT2D eigenvalue weighted by Crippen LogP contribution is -2.24. The molecule has 2 aliphatic heterocycles. The third kappa shape index (κ3) is 1.12. The van der Waals surface area contributed by atoms with Crippen LogP contribution in [0.5, 0.6) is 0 Å². The highest BCUT2D eigenvalue weighted by atomic mass is 79.9. The van der Waals surface area contributed by atoms with E-state index in [1.807, 2.05) is 29.7 Å². The number of hydrogen-bond donors (Lipinski definition) is 0. The van der Waals surface area contributed by atoms with Crippen LogP contribution in [0.4, 0.5) is 0 Å². The number of nitrogens with zero attached hydrogens (tertiary/aromatic N) is 2. The van der Waals surface area contributed by atoms with Crippen molar-refractivity contribution in [3.8, 4) is 0 Å². The molecular formula is C9H11BrN2OS. The molecular weight excluding hydrogens is 264 g/mol. The van der Waals surface area contributed by atoms with Crippen molar-refractivity contribution in [3.05, 3.63) is 16.4 Å². The fourth-order valence-corrected chi connectivity index (χ4v) is 4.12. The number of fused-ring (bicyclic) bond motifs is 1. The second-order valence-corrected chi connectivity index (χ2v) is 5.76. The molecule has 0 aliphatic carbocycles. The first kappa shape index (κ1) is 9.24. The summed E-state index contributed by atoms with van der Waals surface area (Å²) in [6, 6.07) is 0. The van der Waals surface area contributed by atoms with E-state index < -0.39 is 0 Å². The smallest absolute Gasteiger partial charge is 0.146 e. The van der Waals surface area contributed by atoms with E-state index >= 15 is 0 Å². The zero-order valence-corrected chi connectivity index (χ0v) is 10.3. The minimum Gasteiger partial charge on any atom is -0.358 e. The topological polar surface area (TPSA) is 30.4 Å². The van der Waals surface area contributed by atoms with Crippen LogP contribution >= 0.6 is 27.7 Å². The van der Waals surface area contributed by atoms with E-state index in [1.54, 1.807) is 0 Å². The van der Waals surface area contributed by atoms with E-state index in [0.717, 1.165) is 10.2 Å². The minimum atomic E-state index is -0.0347. The van der Waals surface area contributed by atoms with Gasteiger partial charge in [-0.3, -0.25) is 4.68 Å². The van der Waals surface area contributed by atoms with Gasteiger partial charge in [-0.1, -0.05) is 0 Å². The van der Waals surface area contributed by atoms with E-state index in [1.165, 1.54) is 17.9 Å². The van der Waals surface area contributed by atoms with Crippen LogP contribution in [0.25, 0.3) is 0 Å². The molecule has 0 unspecified atom stereocenters. The van der Waals surface area contributed by atoms with Crippen molar-refractivity contribution in [2.45, 2.75) is 18.1 Å². The summed E-state index contributed by atoms with van der Waals surface area (Å²) in [6.07, 6.45) is 3.44. The highest BCUT2D eigenvalue weighted by Gasteiger charge is 2.61. The largest absolute Gasteiger partial charge is 0.358 e. The summed E-state index contributed by atoms with van der Waals surface area (Å²) in [5, 5.41) is 4.24. The Bertz CT molecular complexity index is 361. The molecule has 0 aromatic carbocycles. The van der Waals surface area contributed by atoms with Crippen LogP contribution in [-0.4, -0.2) is 27.4 Å². The first-order chi connectivity index (χ1) is 6.74. The number of aromatic nitrogens is 2. The number of rotatable bonds is 1. The molecule has 76 valence electrons. The zero-order chi connectivity index (χ0) is 9.76. The normalized spacial score (nSPS) is 35.4. The Labute approximate surface area is 95.3 Å². The summed E-state index contributed by atoms with van der Waals surface area (Å²) < 4.78 is 8.86. The molecule has 14 heavy (non-hydrogen) atoms. The molecule has 0 saturated carbocycles. The van der Waals surface area contributed by atoms with Crippen LogP contribution in [0.3, 0.4) is 0 Å². The predicted molar refractivity (Wildman–Crippen MR) is 59.4 cm³/mol. The van der Waals surface area contributed by atoms with Crippen molar-refractivity contribution in [2.75, 3.05) is 11.5 Å². The van der Waals surface area contributed by atoms with Gasteiger partial charge in [0, 0.05) is 12.8 Å². The average Bonchev–Trinajstić information content (AvgIpc) is 2.81. The van der Waals surface area contributed by atoms with E-state index in [0.29, 0.717) is 6.10 Å². The predicted octanol–water partition coefficient (Wildman–Crippen LogP) is 1.91. The molecule has 2 atom stereocenters. The number of epoxide rings is 1. The molecule has 0 radical (unpaired) electrons. The molecule has 0 spiro atoms. The van der Waals surface area contributed by atoms with Crippen LogP contribution < -0.4 is 0 Å². The zero-order valence-electron chi connectivity index (χ0n) is 7.86. The summed E-state index contributed by atoms with van der Waals surface area (Å²) >= 11 is 5.51. The lowest BCUT2D eigenvalue weighted by Gasteiger charge is -2.17. The third-order valence-corrected chi connectivity index (χ3v) is 4.69. The maximum absolute atomic E-state index is 5.86. The van der Waals surface area contributed by atoms with Crippen molar-refractivity contribution < 1.29 is 4.74 Å². The Kier molecular flexibility index (Phi) is 1.98. The van der Waals surface area contributed by atoms with Gasteiger partial charge in [-0.25, -0.2) is 0 Å². The van der Waals surface area contributed by atoms with Gasteiger partial charge in [-0.15, -0.1) is 0 Å². The molecule has 1 aromatic heterocycles. The second kappa shape index (κ2) is 3.00. The van der Waals surface area contributed by atoms with Gasteiger partial charge in [-0.2, -0.15) is 16.9 Å². The number of halogens is 1. The summed E-state index contributed by atoms with van der Waals surface area (Å²) in [5.74, 6) is 2.29. The van der Waals surface area contributed by atoms with Crippen LogP contribution in [0, 0.1) is 0 Å². The van der Waals surface area contributed by atoms with Gasteiger partial charge in [0.1, 0.15) is 5.60 Å². The molecule has 2 fully saturated rings. The van der Waals surface area contributed by atoms with Crippen LogP contribution in [-0.2, 0) is 17.4 Å². The fourth-order valence-electron chi connectivity index (χ4n) is 2.22. The SMILES string of the molecule is Cn1ncc(Br)c1[C@]12CSCC[C@@H]1O2. The van der Waals surface area contributed by atoms with Gasteiger partial charge in [0.25, 0.3) is 0 Å². The first-order valence-corrected chi connectivity index (χ1v) is 6.62. The number of hydrogen-bond acceptors (Lipinski definition) is 3. The number of aryl methyl sites for hydroxylation is 1. The van der Waals surface area contributed by atoms with Crippen LogP contribution in [0.2, 0.25) is 0 Å². The van der Waals surface area contributed by atoms with Gasteiger partial charge in [-0.05, 0) is 28.1 Å². The van der Waals surface area contributed by atoms with Gasteiger partial charge in [0.15, 0.2) is 0 Å².